The molecule has 0 aliphatic carbocycles. The van der Waals surface area contributed by atoms with Crippen LogP contribution in [0, 0.1) is 5.92 Å². The summed E-state index contributed by atoms with van der Waals surface area (Å²) in [6.07, 6.45) is 1.48. The lowest BCUT2D eigenvalue weighted by Gasteiger charge is -2.35. The van der Waals surface area contributed by atoms with Crippen molar-refractivity contribution in [3.63, 3.8) is 0 Å². The third-order valence-electron chi connectivity index (χ3n) is 1.74. The van der Waals surface area contributed by atoms with Crippen LogP contribution in [-0.2, 0) is 9.47 Å². The van der Waals surface area contributed by atoms with Crippen LogP contribution in [0.5, 0.6) is 0 Å². The Hall–Kier alpha value is -0.0900. The molecule has 1 heterocycles. The van der Waals surface area contributed by atoms with E-state index in [1.807, 2.05) is 0 Å². The molecule has 1 fully saturated rings. The summed E-state index contributed by atoms with van der Waals surface area (Å²) in [5.41, 5.74) is 0. The van der Waals surface area contributed by atoms with Crippen molar-refractivity contribution in [2.75, 3.05) is 20.0 Å². The van der Waals surface area contributed by atoms with E-state index in [0.717, 1.165) is 0 Å². The first-order chi connectivity index (χ1) is 5.23. The first-order valence-corrected chi connectivity index (χ1v) is 3.76. The summed E-state index contributed by atoms with van der Waals surface area (Å²) < 4.78 is 10.0. The van der Waals surface area contributed by atoms with Crippen LogP contribution in [0.25, 0.3) is 0 Å². The van der Waals surface area contributed by atoms with Gasteiger partial charge in [-0.15, -0.1) is 0 Å². The minimum absolute atomic E-state index is 0.0600. The van der Waals surface area contributed by atoms with Crippen molar-refractivity contribution in [1.29, 1.82) is 0 Å². The predicted octanol–water partition coefficient (Wildman–Crippen LogP) is 0.720. The van der Waals surface area contributed by atoms with E-state index in [2.05, 4.69) is 6.58 Å². The van der Waals surface area contributed by atoms with E-state index in [1.165, 1.54) is 6.08 Å². The van der Waals surface area contributed by atoms with Crippen molar-refractivity contribution in [1.82, 2.24) is 0 Å². The first-order valence-electron chi connectivity index (χ1n) is 3.38. The summed E-state index contributed by atoms with van der Waals surface area (Å²) in [6, 6.07) is 0. The van der Waals surface area contributed by atoms with Gasteiger partial charge in [0.05, 0.1) is 19.1 Å². The van der Waals surface area contributed by atoms with Gasteiger partial charge in [0.15, 0.2) is 5.06 Å². The summed E-state index contributed by atoms with van der Waals surface area (Å²) in [6.45, 7) is 4.04. The van der Waals surface area contributed by atoms with E-state index in [1.54, 1.807) is 0 Å². The van der Waals surface area contributed by atoms with Crippen LogP contribution < -0.4 is 0 Å². The fraction of sp³-hybridized carbons (Fsp3) is 0.714. The fourth-order valence-electron chi connectivity index (χ4n) is 0.957. The van der Waals surface area contributed by atoms with E-state index >= 15 is 0 Å². The van der Waals surface area contributed by atoms with Crippen LogP contribution in [-0.4, -0.2) is 30.2 Å². The number of aliphatic hydroxyl groups excluding tert-OH is 1. The Balaban J connectivity index is 2.64. The van der Waals surface area contributed by atoms with Crippen molar-refractivity contribution < 1.29 is 14.6 Å². The van der Waals surface area contributed by atoms with Gasteiger partial charge in [-0.2, -0.15) is 0 Å². The number of aliphatic hydroxyl groups is 1. The van der Waals surface area contributed by atoms with Crippen LogP contribution in [0.15, 0.2) is 12.7 Å². The lowest BCUT2D eigenvalue weighted by atomic mass is 10.0. The zero-order chi connectivity index (χ0) is 8.32. The average Bonchev–Trinajstić information content (AvgIpc) is 2.05. The van der Waals surface area contributed by atoms with E-state index in [-0.39, 0.29) is 19.3 Å². The van der Waals surface area contributed by atoms with E-state index < -0.39 is 5.06 Å². The van der Waals surface area contributed by atoms with Crippen molar-refractivity contribution in [2.24, 2.45) is 5.92 Å². The zero-order valence-corrected chi connectivity index (χ0v) is 6.88. The van der Waals surface area contributed by atoms with Gasteiger partial charge < -0.3 is 14.6 Å². The molecule has 3 nitrogen and oxygen atoms in total. The highest BCUT2D eigenvalue weighted by Gasteiger charge is 2.37. The van der Waals surface area contributed by atoms with Gasteiger partial charge in [0.2, 0.25) is 0 Å². The Kier molecular flexibility index (Phi) is 2.90. The Bertz CT molecular complexity index is 151. The van der Waals surface area contributed by atoms with Crippen molar-refractivity contribution in [3.8, 4) is 0 Å². The molecule has 0 saturated carbocycles. The molecule has 0 spiro atoms. The van der Waals surface area contributed by atoms with Gasteiger partial charge in [0.25, 0.3) is 0 Å². The topological polar surface area (TPSA) is 38.7 Å². The van der Waals surface area contributed by atoms with E-state index in [0.29, 0.717) is 6.61 Å². The summed E-state index contributed by atoms with van der Waals surface area (Å²) in [5, 5.41) is 7.91. The number of hydrogen-bond donors (Lipinski definition) is 1. The van der Waals surface area contributed by atoms with Gasteiger partial charge in [-0.05, 0) is 6.08 Å². The highest BCUT2D eigenvalue weighted by atomic mass is 35.5. The molecular formula is C7H11ClO3. The monoisotopic (exact) mass is 178 g/mol. The maximum Gasteiger partial charge on any atom is 0.170 e. The standard InChI is InChI=1S/C7H11ClO3/c1-2-7(8)6(3-9)4-10-5-11-7/h2,6,9H,1,3-5H2. The quantitative estimate of drug-likeness (QED) is 0.500. The molecule has 64 valence electrons. The van der Waals surface area contributed by atoms with Gasteiger partial charge in [0, 0.05) is 0 Å². The molecule has 1 saturated heterocycles. The highest BCUT2D eigenvalue weighted by molar-refractivity contribution is 6.24. The van der Waals surface area contributed by atoms with Crippen molar-refractivity contribution >= 4 is 11.6 Å². The third kappa shape index (κ3) is 1.73. The second-order valence-corrected chi connectivity index (χ2v) is 3.01. The van der Waals surface area contributed by atoms with Gasteiger partial charge in [0.1, 0.15) is 6.79 Å². The third-order valence-corrected chi connectivity index (χ3v) is 2.31. The Morgan fingerprint density at radius 1 is 1.82 bits per heavy atom. The summed E-state index contributed by atoms with van der Waals surface area (Å²) in [4.78, 5) is 0. The molecule has 1 rings (SSSR count). The Morgan fingerprint density at radius 2 is 2.55 bits per heavy atom. The van der Waals surface area contributed by atoms with E-state index in [9.17, 15) is 0 Å². The van der Waals surface area contributed by atoms with Gasteiger partial charge >= 0.3 is 0 Å². The second-order valence-electron chi connectivity index (χ2n) is 2.41. The molecule has 0 aromatic heterocycles. The Morgan fingerprint density at radius 3 is 3.00 bits per heavy atom. The summed E-state index contributed by atoms with van der Waals surface area (Å²) >= 11 is 5.95. The first kappa shape index (κ1) is 9.00. The zero-order valence-electron chi connectivity index (χ0n) is 6.12. The molecule has 1 aliphatic heterocycles. The lowest BCUT2D eigenvalue weighted by molar-refractivity contribution is -0.179. The van der Waals surface area contributed by atoms with Crippen LogP contribution in [0.1, 0.15) is 0 Å². The summed E-state index contributed by atoms with van der Waals surface area (Å²) in [5.74, 6) is -0.226. The SMILES string of the molecule is C=CC1(Cl)OCOCC1CO. The fourth-order valence-corrected chi connectivity index (χ4v) is 1.13. The largest absolute Gasteiger partial charge is 0.396 e. The molecular weight excluding hydrogens is 168 g/mol. The smallest absolute Gasteiger partial charge is 0.170 e. The highest BCUT2D eigenvalue weighted by Crippen LogP contribution is 2.31. The van der Waals surface area contributed by atoms with Gasteiger partial charge in [-0.25, -0.2) is 0 Å². The van der Waals surface area contributed by atoms with Crippen molar-refractivity contribution in [3.05, 3.63) is 12.7 Å². The van der Waals surface area contributed by atoms with Gasteiger partial charge in [-0.1, -0.05) is 18.2 Å². The number of halogens is 1. The van der Waals surface area contributed by atoms with E-state index in [4.69, 9.17) is 26.2 Å². The lowest BCUT2D eigenvalue weighted by Crippen LogP contribution is -2.43. The number of ether oxygens (including phenoxy) is 2. The minimum Gasteiger partial charge on any atom is -0.396 e. The van der Waals surface area contributed by atoms with Crippen LogP contribution in [0.4, 0.5) is 0 Å². The molecule has 0 radical (unpaired) electrons. The molecule has 11 heavy (non-hydrogen) atoms. The maximum absolute atomic E-state index is 8.87. The molecule has 4 heteroatoms. The minimum atomic E-state index is -0.951. The van der Waals surface area contributed by atoms with Crippen LogP contribution >= 0.6 is 11.6 Å². The molecule has 0 amide bonds. The second kappa shape index (κ2) is 3.54. The molecule has 2 unspecified atom stereocenters. The average molecular weight is 179 g/mol. The maximum atomic E-state index is 8.87. The van der Waals surface area contributed by atoms with Crippen LogP contribution in [0.3, 0.4) is 0 Å². The molecule has 0 bridgehead atoms. The number of alkyl halides is 1. The van der Waals surface area contributed by atoms with Crippen LogP contribution in [0.2, 0.25) is 0 Å². The predicted molar refractivity (Wildman–Crippen MR) is 41.3 cm³/mol. The molecule has 1 aliphatic rings. The van der Waals surface area contributed by atoms with Crippen molar-refractivity contribution in [2.45, 2.75) is 5.06 Å². The Labute approximate surface area is 70.6 Å². The molecule has 0 aromatic rings. The normalized spacial score (nSPS) is 38.5. The molecule has 1 N–H and O–H groups in total. The summed E-state index contributed by atoms with van der Waals surface area (Å²) in [7, 11) is 0. The number of hydrogen-bond acceptors (Lipinski definition) is 3. The van der Waals surface area contributed by atoms with Gasteiger partial charge in [-0.3, -0.25) is 0 Å². The molecule has 2 atom stereocenters. The molecule has 0 aromatic carbocycles. The number of rotatable bonds is 2.